The van der Waals surface area contributed by atoms with Crippen LogP contribution < -0.4 is 5.32 Å². The quantitative estimate of drug-likeness (QED) is 0.855. The number of ether oxygens (including phenoxy) is 1. The molecular weight excluding hydrogens is 272 g/mol. The summed E-state index contributed by atoms with van der Waals surface area (Å²) in [7, 11) is 0. The molecule has 6 heteroatoms. The number of hydrogen-bond donors (Lipinski definition) is 1. The van der Waals surface area contributed by atoms with E-state index in [1.54, 1.807) is 6.07 Å². The molecule has 1 aromatic rings. The first-order valence-electron chi connectivity index (χ1n) is 4.55. The van der Waals surface area contributed by atoms with Crippen LogP contribution in [-0.2, 0) is 4.74 Å². The topological polar surface area (TPSA) is 38.3 Å². The molecule has 1 heterocycles. The van der Waals surface area contributed by atoms with Crippen molar-refractivity contribution in [3.8, 4) is 0 Å². The summed E-state index contributed by atoms with van der Waals surface area (Å²) >= 11 is 11.9. The number of alkyl carbamates (subject to hydrolysis) is 1. The van der Waals surface area contributed by atoms with Gasteiger partial charge in [0.15, 0.2) is 0 Å². The van der Waals surface area contributed by atoms with Crippen LogP contribution in [0.1, 0.15) is 18.0 Å². The fourth-order valence-corrected chi connectivity index (χ4v) is 1.99. The van der Waals surface area contributed by atoms with Gasteiger partial charge in [-0.2, -0.15) is 0 Å². The maximum absolute atomic E-state index is 11.0. The number of halogens is 3. The van der Waals surface area contributed by atoms with Crippen molar-refractivity contribution in [2.45, 2.75) is 12.5 Å². The Labute approximate surface area is 109 Å². The summed E-state index contributed by atoms with van der Waals surface area (Å²) in [5.74, 6) is 0. The van der Waals surface area contributed by atoms with Crippen LogP contribution in [0.5, 0.6) is 0 Å². The van der Waals surface area contributed by atoms with Crippen molar-refractivity contribution in [3.63, 3.8) is 0 Å². The molecule has 0 saturated carbocycles. The third kappa shape index (κ3) is 2.73. The van der Waals surface area contributed by atoms with Crippen molar-refractivity contribution in [3.05, 3.63) is 33.8 Å². The lowest BCUT2D eigenvalue weighted by atomic mass is 10.0. The van der Waals surface area contributed by atoms with E-state index >= 15 is 0 Å². The van der Waals surface area contributed by atoms with E-state index in [2.05, 4.69) is 5.32 Å². The van der Waals surface area contributed by atoms with Gasteiger partial charge in [0.05, 0.1) is 22.7 Å². The second kappa shape index (κ2) is 5.62. The molecule has 0 unspecified atom stereocenters. The summed E-state index contributed by atoms with van der Waals surface area (Å²) in [6, 6.07) is 5.27. The Kier molecular flexibility index (Phi) is 4.71. The van der Waals surface area contributed by atoms with Crippen LogP contribution in [-0.4, -0.2) is 12.7 Å². The number of nitrogens with one attached hydrogen (secondary N) is 1. The lowest BCUT2D eigenvalue weighted by Crippen LogP contribution is -2.35. The van der Waals surface area contributed by atoms with Gasteiger partial charge in [0.25, 0.3) is 0 Å². The fourth-order valence-electron chi connectivity index (χ4n) is 1.55. The summed E-state index contributed by atoms with van der Waals surface area (Å²) in [6.07, 6.45) is 0.286. The van der Waals surface area contributed by atoms with Crippen LogP contribution in [0.25, 0.3) is 0 Å². The van der Waals surface area contributed by atoms with Crippen LogP contribution in [0, 0.1) is 0 Å². The molecule has 0 aliphatic carbocycles. The maximum Gasteiger partial charge on any atom is 0.407 e. The lowest BCUT2D eigenvalue weighted by molar-refractivity contribution is 0.115. The molecule has 0 aromatic heterocycles. The minimum absolute atomic E-state index is 0. The number of benzene rings is 1. The van der Waals surface area contributed by atoms with Crippen molar-refractivity contribution in [1.82, 2.24) is 5.32 Å². The highest BCUT2D eigenvalue weighted by molar-refractivity contribution is 6.42. The summed E-state index contributed by atoms with van der Waals surface area (Å²) < 4.78 is 4.77. The smallest absolute Gasteiger partial charge is 0.407 e. The van der Waals surface area contributed by atoms with E-state index in [-0.39, 0.29) is 18.4 Å². The zero-order chi connectivity index (χ0) is 10.8. The van der Waals surface area contributed by atoms with Gasteiger partial charge in [0.1, 0.15) is 0 Å². The molecule has 1 N–H and O–H groups in total. The average molecular weight is 283 g/mol. The zero-order valence-corrected chi connectivity index (χ0v) is 10.5. The molecule has 0 radical (unpaired) electrons. The molecule has 1 saturated heterocycles. The zero-order valence-electron chi connectivity index (χ0n) is 8.20. The van der Waals surface area contributed by atoms with Gasteiger partial charge in [0, 0.05) is 6.42 Å². The minimum Gasteiger partial charge on any atom is -0.449 e. The second-order valence-corrected chi connectivity index (χ2v) is 4.05. The van der Waals surface area contributed by atoms with Crippen LogP contribution >= 0.6 is 35.6 Å². The molecule has 1 amide bonds. The molecule has 0 bridgehead atoms. The number of amides is 1. The van der Waals surface area contributed by atoms with E-state index < -0.39 is 6.09 Å². The van der Waals surface area contributed by atoms with Gasteiger partial charge in [-0.3, -0.25) is 0 Å². The SMILES string of the molecule is Cl.O=C1N[C@H](c2cccc(Cl)c2Cl)CCO1. The predicted molar refractivity (Wildman–Crippen MR) is 65.6 cm³/mol. The Morgan fingerprint density at radius 1 is 1.38 bits per heavy atom. The Morgan fingerprint density at radius 2 is 2.12 bits per heavy atom. The molecule has 2 rings (SSSR count). The number of hydrogen-bond acceptors (Lipinski definition) is 2. The molecule has 1 fully saturated rings. The highest BCUT2D eigenvalue weighted by atomic mass is 35.5. The molecule has 3 nitrogen and oxygen atoms in total. The highest BCUT2D eigenvalue weighted by Crippen LogP contribution is 2.32. The van der Waals surface area contributed by atoms with Crippen molar-refractivity contribution in [2.24, 2.45) is 0 Å². The minimum atomic E-state index is -0.415. The van der Waals surface area contributed by atoms with Gasteiger partial charge in [-0.1, -0.05) is 35.3 Å². The van der Waals surface area contributed by atoms with Crippen molar-refractivity contribution < 1.29 is 9.53 Å². The molecule has 16 heavy (non-hydrogen) atoms. The van der Waals surface area contributed by atoms with Gasteiger partial charge in [0.2, 0.25) is 0 Å². The van der Waals surface area contributed by atoms with Gasteiger partial charge in [-0.15, -0.1) is 12.4 Å². The Hall–Kier alpha value is -0.640. The average Bonchev–Trinajstić information content (AvgIpc) is 2.22. The molecule has 88 valence electrons. The first-order chi connectivity index (χ1) is 7.18. The summed E-state index contributed by atoms with van der Waals surface area (Å²) in [4.78, 5) is 11.0. The molecule has 1 aromatic carbocycles. The number of carbonyl (C=O) groups excluding carboxylic acids is 1. The number of rotatable bonds is 1. The monoisotopic (exact) mass is 281 g/mol. The Balaban J connectivity index is 0.00000128. The molecule has 0 spiro atoms. The van der Waals surface area contributed by atoms with Crippen LogP contribution in [0.3, 0.4) is 0 Å². The van der Waals surface area contributed by atoms with Crippen LogP contribution in [0.15, 0.2) is 18.2 Å². The normalized spacial score (nSPS) is 19.4. The van der Waals surface area contributed by atoms with Gasteiger partial charge in [-0.25, -0.2) is 4.79 Å². The van der Waals surface area contributed by atoms with Gasteiger partial charge >= 0.3 is 6.09 Å². The molecule has 1 aliphatic rings. The third-order valence-corrected chi connectivity index (χ3v) is 3.12. The maximum atomic E-state index is 11.0. The van der Waals surface area contributed by atoms with Crippen molar-refractivity contribution >= 4 is 41.7 Å². The summed E-state index contributed by atoms with van der Waals surface area (Å²) in [5.41, 5.74) is 0.834. The predicted octanol–water partition coefficient (Wildman–Crippen LogP) is 3.59. The standard InChI is InChI=1S/C10H9Cl2NO2.ClH/c11-7-3-1-2-6(9(7)12)8-4-5-15-10(14)13-8;/h1-3,8H,4-5H2,(H,13,14);1H/t8-;/m0./s1. The second-order valence-electron chi connectivity index (χ2n) is 3.26. The first kappa shape index (κ1) is 13.4. The van der Waals surface area contributed by atoms with E-state index in [9.17, 15) is 4.79 Å². The number of carbonyl (C=O) groups is 1. The third-order valence-electron chi connectivity index (χ3n) is 2.29. The van der Waals surface area contributed by atoms with E-state index in [0.29, 0.717) is 23.1 Å². The molecule has 1 aliphatic heterocycles. The van der Waals surface area contributed by atoms with Gasteiger partial charge < -0.3 is 10.1 Å². The lowest BCUT2D eigenvalue weighted by Gasteiger charge is -2.24. The van der Waals surface area contributed by atoms with Crippen molar-refractivity contribution in [2.75, 3.05) is 6.61 Å². The van der Waals surface area contributed by atoms with Crippen LogP contribution in [0.2, 0.25) is 10.0 Å². The van der Waals surface area contributed by atoms with Gasteiger partial charge in [-0.05, 0) is 11.6 Å². The van der Waals surface area contributed by atoms with E-state index in [1.807, 2.05) is 12.1 Å². The Bertz CT molecular complexity index is 398. The van der Waals surface area contributed by atoms with E-state index in [1.165, 1.54) is 0 Å². The van der Waals surface area contributed by atoms with E-state index in [0.717, 1.165) is 5.56 Å². The summed E-state index contributed by atoms with van der Waals surface area (Å²) in [6.45, 7) is 0.402. The van der Waals surface area contributed by atoms with Crippen molar-refractivity contribution in [1.29, 1.82) is 0 Å². The molecular formula is C10H10Cl3NO2. The number of cyclic esters (lactones) is 1. The first-order valence-corrected chi connectivity index (χ1v) is 5.31. The van der Waals surface area contributed by atoms with Crippen LogP contribution in [0.4, 0.5) is 4.79 Å². The fraction of sp³-hybridized carbons (Fsp3) is 0.300. The largest absolute Gasteiger partial charge is 0.449 e. The molecule has 1 atom stereocenters. The highest BCUT2D eigenvalue weighted by Gasteiger charge is 2.23. The Morgan fingerprint density at radius 3 is 2.81 bits per heavy atom. The van der Waals surface area contributed by atoms with E-state index in [4.69, 9.17) is 27.9 Å². The summed E-state index contributed by atoms with van der Waals surface area (Å²) in [5, 5.41) is 3.68.